The molecular weight excluding hydrogens is 432 g/mol. The Kier molecular flexibility index (Phi) is 27.6. The zero-order chi connectivity index (χ0) is 25.8. The summed E-state index contributed by atoms with van der Waals surface area (Å²) in [6.45, 7) is 4.49. The highest BCUT2D eigenvalue weighted by Crippen LogP contribution is 2.20. The zero-order valence-electron chi connectivity index (χ0n) is 24.0. The SMILES string of the molecule is CCCCCCCCCCCCC(CCCCCCCCCCCC(O)CCCCCC)C(=O)O. The van der Waals surface area contributed by atoms with Gasteiger partial charge in [-0.2, -0.15) is 0 Å². The Hall–Kier alpha value is -0.570. The van der Waals surface area contributed by atoms with Gasteiger partial charge in [-0.25, -0.2) is 0 Å². The number of aliphatic hydroxyl groups is 1. The minimum absolute atomic E-state index is 0.0772. The number of aliphatic carboxylic acids is 1. The summed E-state index contributed by atoms with van der Waals surface area (Å²) in [5.74, 6) is -0.696. The number of carboxylic acids is 1. The van der Waals surface area contributed by atoms with Gasteiger partial charge in [-0.1, -0.05) is 162 Å². The van der Waals surface area contributed by atoms with Gasteiger partial charge in [0.2, 0.25) is 0 Å². The largest absolute Gasteiger partial charge is 0.481 e. The van der Waals surface area contributed by atoms with Crippen molar-refractivity contribution in [3.63, 3.8) is 0 Å². The van der Waals surface area contributed by atoms with Crippen LogP contribution in [0.1, 0.15) is 187 Å². The molecule has 35 heavy (non-hydrogen) atoms. The Morgan fingerprint density at radius 3 is 1.03 bits per heavy atom. The summed E-state index contributed by atoms with van der Waals surface area (Å²) in [5.41, 5.74) is 0. The third kappa shape index (κ3) is 26.3. The molecule has 0 radical (unpaired) electrons. The van der Waals surface area contributed by atoms with Gasteiger partial charge in [0.15, 0.2) is 0 Å². The minimum Gasteiger partial charge on any atom is -0.481 e. The van der Waals surface area contributed by atoms with Crippen LogP contribution in [0.3, 0.4) is 0 Å². The first kappa shape index (κ1) is 34.4. The number of unbranched alkanes of at least 4 members (excludes halogenated alkanes) is 20. The molecule has 0 heterocycles. The maximum Gasteiger partial charge on any atom is 0.306 e. The van der Waals surface area contributed by atoms with E-state index in [0.717, 1.165) is 38.5 Å². The Morgan fingerprint density at radius 2 is 0.714 bits per heavy atom. The first-order valence-electron chi connectivity index (χ1n) is 16.0. The van der Waals surface area contributed by atoms with Crippen LogP contribution in [-0.4, -0.2) is 22.3 Å². The predicted molar refractivity (Wildman–Crippen MR) is 153 cm³/mol. The molecule has 3 nitrogen and oxygen atoms in total. The molecule has 0 saturated carbocycles. The van der Waals surface area contributed by atoms with E-state index in [1.54, 1.807) is 0 Å². The van der Waals surface area contributed by atoms with Crippen LogP contribution >= 0.6 is 0 Å². The van der Waals surface area contributed by atoms with Crippen molar-refractivity contribution in [2.24, 2.45) is 5.92 Å². The summed E-state index contributed by atoms with van der Waals surface area (Å²) in [6.07, 6.45) is 32.9. The van der Waals surface area contributed by atoms with Crippen molar-refractivity contribution in [3.8, 4) is 0 Å². The van der Waals surface area contributed by atoms with Crippen LogP contribution in [0.25, 0.3) is 0 Å². The highest BCUT2D eigenvalue weighted by atomic mass is 16.4. The number of hydrogen-bond acceptors (Lipinski definition) is 2. The Morgan fingerprint density at radius 1 is 0.457 bits per heavy atom. The normalized spacial score (nSPS) is 13.2. The van der Waals surface area contributed by atoms with Crippen LogP contribution in [-0.2, 0) is 4.79 Å². The number of carboxylic acid groups (broad SMARTS) is 1. The summed E-state index contributed by atoms with van der Waals surface area (Å²) >= 11 is 0. The van der Waals surface area contributed by atoms with E-state index in [1.165, 1.54) is 135 Å². The standard InChI is InChI=1S/C32H64O3/c1-3-5-7-9-10-11-13-16-19-22-26-30(32(34)35)27-23-20-17-14-12-15-18-21-25-29-31(33)28-24-8-6-4-2/h30-31,33H,3-29H2,1-2H3,(H,34,35). The van der Waals surface area contributed by atoms with Crippen LogP contribution in [0.5, 0.6) is 0 Å². The molecule has 0 amide bonds. The van der Waals surface area contributed by atoms with Crippen molar-refractivity contribution >= 4 is 5.97 Å². The fourth-order valence-corrected chi connectivity index (χ4v) is 5.23. The molecule has 0 fully saturated rings. The van der Waals surface area contributed by atoms with E-state index in [-0.39, 0.29) is 12.0 Å². The molecular formula is C32H64O3. The smallest absolute Gasteiger partial charge is 0.306 e. The third-order valence-corrected chi connectivity index (χ3v) is 7.74. The lowest BCUT2D eigenvalue weighted by molar-refractivity contribution is -0.142. The maximum absolute atomic E-state index is 11.6. The highest BCUT2D eigenvalue weighted by molar-refractivity contribution is 5.69. The van der Waals surface area contributed by atoms with E-state index >= 15 is 0 Å². The second-order valence-corrected chi connectivity index (χ2v) is 11.3. The van der Waals surface area contributed by atoms with Crippen LogP contribution < -0.4 is 0 Å². The van der Waals surface area contributed by atoms with Crippen molar-refractivity contribution in [1.29, 1.82) is 0 Å². The molecule has 0 rings (SSSR count). The van der Waals surface area contributed by atoms with Gasteiger partial charge < -0.3 is 10.2 Å². The van der Waals surface area contributed by atoms with Gasteiger partial charge in [0, 0.05) is 0 Å². The topological polar surface area (TPSA) is 57.5 Å². The number of hydrogen-bond donors (Lipinski definition) is 2. The van der Waals surface area contributed by atoms with Gasteiger partial charge in [-0.3, -0.25) is 4.79 Å². The Labute approximate surface area is 220 Å². The summed E-state index contributed by atoms with van der Waals surface area (Å²) in [4.78, 5) is 11.6. The predicted octanol–water partition coefficient (Wildman–Crippen LogP) is 10.6. The summed E-state index contributed by atoms with van der Waals surface area (Å²) < 4.78 is 0. The quantitative estimate of drug-likeness (QED) is 0.101. The summed E-state index contributed by atoms with van der Waals surface area (Å²) in [6, 6.07) is 0. The molecule has 2 unspecified atom stereocenters. The lowest BCUT2D eigenvalue weighted by atomic mass is 9.94. The first-order chi connectivity index (χ1) is 17.1. The van der Waals surface area contributed by atoms with Crippen molar-refractivity contribution in [2.45, 2.75) is 193 Å². The fraction of sp³-hybridized carbons (Fsp3) is 0.969. The van der Waals surface area contributed by atoms with E-state index in [4.69, 9.17) is 0 Å². The number of aliphatic hydroxyl groups excluding tert-OH is 1. The van der Waals surface area contributed by atoms with Gasteiger partial charge in [0.1, 0.15) is 0 Å². The van der Waals surface area contributed by atoms with E-state index in [9.17, 15) is 15.0 Å². The zero-order valence-corrected chi connectivity index (χ0v) is 24.0. The van der Waals surface area contributed by atoms with Crippen LogP contribution in [0.4, 0.5) is 0 Å². The number of carbonyl (C=O) groups is 1. The molecule has 0 aromatic heterocycles. The first-order valence-corrected chi connectivity index (χ1v) is 16.0. The monoisotopic (exact) mass is 496 g/mol. The second kappa shape index (κ2) is 28.0. The molecule has 3 heteroatoms. The molecule has 0 aliphatic carbocycles. The van der Waals surface area contributed by atoms with E-state index < -0.39 is 5.97 Å². The molecule has 0 aliphatic rings. The van der Waals surface area contributed by atoms with Crippen LogP contribution in [0.2, 0.25) is 0 Å². The summed E-state index contributed by atoms with van der Waals surface area (Å²) in [7, 11) is 0. The molecule has 2 N–H and O–H groups in total. The molecule has 210 valence electrons. The second-order valence-electron chi connectivity index (χ2n) is 11.3. The van der Waals surface area contributed by atoms with Crippen LogP contribution in [0.15, 0.2) is 0 Å². The molecule has 0 aromatic carbocycles. The lowest BCUT2D eigenvalue weighted by Gasteiger charge is -2.12. The maximum atomic E-state index is 11.6. The molecule has 0 aliphatic heterocycles. The van der Waals surface area contributed by atoms with Gasteiger partial charge in [-0.05, 0) is 25.7 Å². The minimum atomic E-state index is -0.577. The van der Waals surface area contributed by atoms with Crippen LogP contribution in [0, 0.1) is 5.92 Å². The number of rotatable bonds is 29. The van der Waals surface area contributed by atoms with Crippen molar-refractivity contribution in [3.05, 3.63) is 0 Å². The average Bonchev–Trinajstić information content (AvgIpc) is 2.84. The van der Waals surface area contributed by atoms with Gasteiger partial charge in [0.25, 0.3) is 0 Å². The van der Waals surface area contributed by atoms with Gasteiger partial charge in [-0.15, -0.1) is 0 Å². The molecule has 2 atom stereocenters. The molecule has 0 bridgehead atoms. The summed E-state index contributed by atoms with van der Waals surface area (Å²) in [5, 5.41) is 19.6. The fourth-order valence-electron chi connectivity index (χ4n) is 5.23. The molecule has 0 spiro atoms. The van der Waals surface area contributed by atoms with E-state index in [2.05, 4.69) is 13.8 Å². The van der Waals surface area contributed by atoms with Gasteiger partial charge >= 0.3 is 5.97 Å². The highest BCUT2D eigenvalue weighted by Gasteiger charge is 2.16. The average molecular weight is 497 g/mol. The Balaban J connectivity index is 3.45. The Bertz CT molecular complexity index is 423. The van der Waals surface area contributed by atoms with Crippen molar-refractivity contribution < 1.29 is 15.0 Å². The molecule has 0 aromatic rings. The van der Waals surface area contributed by atoms with Gasteiger partial charge in [0.05, 0.1) is 12.0 Å². The third-order valence-electron chi connectivity index (χ3n) is 7.74. The van der Waals surface area contributed by atoms with E-state index in [0.29, 0.717) is 0 Å². The lowest BCUT2D eigenvalue weighted by Crippen LogP contribution is -2.13. The van der Waals surface area contributed by atoms with Crippen molar-refractivity contribution in [1.82, 2.24) is 0 Å². The molecule has 0 saturated heterocycles. The van der Waals surface area contributed by atoms with Crippen molar-refractivity contribution in [2.75, 3.05) is 0 Å². The van der Waals surface area contributed by atoms with E-state index in [1.807, 2.05) is 0 Å².